The molecule has 0 aliphatic carbocycles. The number of benzene rings is 3. The molecule has 0 heterocycles. The number of azo groups is 1. The van der Waals surface area contributed by atoms with Gasteiger partial charge in [0.05, 0.1) is 16.9 Å². The average Bonchev–Trinajstić information content (AvgIpc) is 2.70. The van der Waals surface area contributed by atoms with Gasteiger partial charge in [-0.05, 0) is 41.8 Å². The van der Waals surface area contributed by atoms with E-state index in [1.54, 1.807) is 31.3 Å². The van der Waals surface area contributed by atoms with Gasteiger partial charge in [-0.25, -0.2) is 5.26 Å². The molecule has 3 rings (SSSR count). The minimum Gasteiger partial charge on any atom is -0.505 e. The van der Waals surface area contributed by atoms with Crippen LogP contribution in [-0.4, -0.2) is 30.4 Å². The molecule has 0 aromatic heterocycles. The van der Waals surface area contributed by atoms with Crippen molar-refractivity contribution in [3.05, 3.63) is 48.5 Å². The van der Waals surface area contributed by atoms with E-state index in [-0.39, 0.29) is 22.0 Å². The predicted octanol–water partition coefficient (Wildman–Crippen LogP) is 4.68. The molecule has 0 saturated heterocycles. The zero-order valence-corrected chi connectivity index (χ0v) is 16.4. The number of nitrogens with zero attached hydrogens (tertiary/aromatic N) is 2. The highest BCUT2D eigenvalue weighted by Crippen LogP contribution is 2.44. The first-order valence-corrected chi connectivity index (χ1v) is 10.1. The van der Waals surface area contributed by atoms with Gasteiger partial charge in [-0.2, -0.15) is 8.42 Å². The van der Waals surface area contributed by atoms with Crippen LogP contribution in [0.1, 0.15) is 0 Å². The highest BCUT2D eigenvalue weighted by atomic mass is 32.2. The molecule has 12 heteroatoms. The summed E-state index contributed by atoms with van der Waals surface area (Å²) < 4.78 is 36.8. The summed E-state index contributed by atoms with van der Waals surface area (Å²) in [5.74, 6) is -0.248. The van der Waals surface area contributed by atoms with Crippen LogP contribution in [0.5, 0.6) is 5.75 Å². The Hall–Kier alpha value is -2.74. The Morgan fingerprint density at radius 2 is 1.86 bits per heavy atom. The van der Waals surface area contributed by atoms with E-state index >= 15 is 0 Å². The lowest BCUT2D eigenvalue weighted by molar-refractivity contribution is -0.432. The van der Waals surface area contributed by atoms with E-state index in [1.165, 1.54) is 24.3 Å². The number of anilines is 1. The van der Waals surface area contributed by atoms with Gasteiger partial charge in [0.2, 0.25) is 0 Å². The van der Waals surface area contributed by atoms with Gasteiger partial charge in [0, 0.05) is 18.1 Å². The van der Waals surface area contributed by atoms with Crippen LogP contribution in [0, 0.1) is 0 Å². The molecular formula is C17H15N3O7S2. The fraction of sp³-hybridized carbons (Fsp3) is 0.0588. The van der Waals surface area contributed by atoms with Gasteiger partial charge < -0.3 is 10.4 Å². The third-order valence-electron chi connectivity index (χ3n) is 3.89. The first-order valence-electron chi connectivity index (χ1n) is 7.95. The van der Waals surface area contributed by atoms with Crippen molar-refractivity contribution in [2.24, 2.45) is 10.2 Å². The first kappa shape index (κ1) is 21.0. The SMILES string of the molecule is CNc1ccc2c(O)c(N=Nc3ccccc3S(=O)(=O)O)c(SOOO)cc2c1. The predicted molar refractivity (Wildman–Crippen MR) is 106 cm³/mol. The molecule has 0 amide bonds. The third kappa shape index (κ3) is 4.64. The van der Waals surface area contributed by atoms with Crippen LogP contribution in [0.2, 0.25) is 0 Å². The topological polar surface area (TPSA) is 150 Å². The van der Waals surface area contributed by atoms with Crippen molar-refractivity contribution in [3.63, 3.8) is 0 Å². The number of aromatic hydroxyl groups is 1. The van der Waals surface area contributed by atoms with Crippen molar-refractivity contribution in [1.82, 2.24) is 0 Å². The highest BCUT2D eigenvalue weighted by molar-refractivity contribution is 7.94. The largest absolute Gasteiger partial charge is 0.505 e. The van der Waals surface area contributed by atoms with Crippen LogP contribution >= 0.6 is 12.0 Å². The van der Waals surface area contributed by atoms with Gasteiger partial charge in [0.1, 0.15) is 16.3 Å². The van der Waals surface area contributed by atoms with Crippen LogP contribution in [0.15, 0.2) is 68.6 Å². The molecule has 0 radical (unpaired) electrons. The van der Waals surface area contributed by atoms with E-state index in [2.05, 4.69) is 24.9 Å². The van der Waals surface area contributed by atoms with Crippen molar-refractivity contribution in [3.8, 4) is 5.75 Å². The Morgan fingerprint density at radius 3 is 2.55 bits per heavy atom. The number of phenols is 1. The van der Waals surface area contributed by atoms with Gasteiger partial charge >= 0.3 is 0 Å². The zero-order chi connectivity index (χ0) is 21.0. The molecule has 0 saturated carbocycles. The summed E-state index contributed by atoms with van der Waals surface area (Å²) in [6, 6.07) is 12.2. The summed E-state index contributed by atoms with van der Waals surface area (Å²) in [6.07, 6.45) is 0. The van der Waals surface area contributed by atoms with E-state index in [1.807, 2.05) is 0 Å². The summed E-state index contributed by atoms with van der Waals surface area (Å²) in [5.41, 5.74) is 0.612. The lowest BCUT2D eigenvalue weighted by Crippen LogP contribution is -1.97. The molecule has 0 aliphatic heterocycles. The number of phenolic OH excluding ortho intramolecular Hbond substituents is 1. The minimum absolute atomic E-state index is 0.0538. The monoisotopic (exact) mass is 437 g/mol. The van der Waals surface area contributed by atoms with E-state index in [9.17, 15) is 18.1 Å². The molecule has 152 valence electrons. The quantitative estimate of drug-likeness (QED) is 0.136. The van der Waals surface area contributed by atoms with Crippen molar-refractivity contribution in [2.45, 2.75) is 9.79 Å². The standard InChI is InChI=1S/C17H15N3O7S2/c1-18-11-6-7-12-10(8-11)9-14(28-27-26-22)16(17(12)21)20-19-13-4-2-3-5-15(13)29(23,24)25/h2-9,18,21-22H,1H3,(H,23,24,25). The van der Waals surface area contributed by atoms with Crippen LogP contribution in [0.25, 0.3) is 10.8 Å². The number of hydrogen-bond donors (Lipinski definition) is 4. The summed E-state index contributed by atoms with van der Waals surface area (Å²) in [4.78, 5) is -0.211. The minimum atomic E-state index is -4.52. The van der Waals surface area contributed by atoms with Crippen molar-refractivity contribution < 1.29 is 32.7 Å². The molecule has 0 spiro atoms. The van der Waals surface area contributed by atoms with E-state index < -0.39 is 15.0 Å². The second-order valence-electron chi connectivity index (χ2n) is 5.63. The lowest BCUT2D eigenvalue weighted by atomic mass is 10.1. The van der Waals surface area contributed by atoms with Crippen molar-refractivity contribution >= 4 is 50.0 Å². The third-order valence-corrected chi connectivity index (χ3v) is 5.42. The number of hydrogen-bond acceptors (Lipinski definition) is 10. The smallest absolute Gasteiger partial charge is 0.296 e. The molecule has 4 N–H and O–H groups in total. The Bertz CT molecular complexity index is 1180. The van der Waals surface area contributed by atoms with E-state index in [0.29, 0.717) is 22.8 Å². The fourth-order valence-electron chi connectivity index (χ4n) is 2.58. The van der Waals surface area contributed by atoms with Crippen LogP contribution in [0.4, 0.5) is 17.1 Å². The van der Waals surface area contributed by atoms with Gasteiger partial charge in [0.25, 0.3) is 10.1 Å². The Labute approximate surface area is 169 Å². The Morgan fingerprint density at radius 1 is 1.10 bits per heavy atom. The number of nitrogens with one attached hydrogen (secondary N) is 1. The number of rotatable bonds is 7. The van der Waals surface area contributed by atoms with Crippen LogP contribution in [0.3, 0.4) is 0 Å². The summed E-state index contributed by atoms with van der Waals surface area (Å²) in [6.45, 7) is 0. The van der Waals surface area contributed by atoms with Gasteiger partial charge in [-0.3, -0.25) is 4.55 Å². The summed E-state index contributed by atoms with van der Waals surface area (Å²) >= 11 is 0.560. The molecule has 10 nitrogen and oxygen atoms in total. The average molecular weight is 437 g/mol. The van der Waals surface area contributed by atoms with Crippen LogP contribution < -0.4 is 5.32 Å². The second kappa shape index (κ2) is 8.73. The molecule has 0 atom stereocenters. The van der Waals surface area contributed by atoms with Crippen LogP contribution in [-0.2, 0) is 19.5 Å². The molecule has 0 bridgehead atoms. The molecule has 3 aromatic rings. The maximum atomic E-state index is 11.5. The summed E-state index contributed by atoms with van der Waals surface area (Å²) in [7, 11) is -2.78. The normalized spacial score (nSPS) is 12.0. The highest BCUT2D eigenvalue weighted by Gasteiger charge is 2.17. The first-order chi connectivity index (χ1) is 13.8. The molecule has 0 fully saturated rings. The molecule has 29 heavy (non-hydrogen) atoms. The maximum absolute atomic E-state index is 11.5. The lowest BCUT2D eigenvalue weighted by Gasteiger charge is -2.10. The van der Waals surface area contributed by atoms with E-state index in [4.69, 9.17) is 5.26 Å². The molecular weight excluding hydrogens is 422 g/mol. The zero-order valence-electron chi connectivity index (χ0n) is 14.8. The Kier molecular flexibility index (Phi) is 6.32. The van der Waals surface area contributed by atoms with Crippen molar-refractivity contribution in [2.75, 3.05) is 12.4 Å². The van der Waals surface area contributed by atoms with E-state index in [0.717, 1.165) is 5.69 Å². The number of fused-ring (bicyclic) bond motifs is 1. The maximum Gasteiger partial charge on any atom is 0.296 e. The fourth-order valence-corrected chi connectivity index (χ4v) is 3.70. The van der Waals surface area contributed by atoms with Gasteiger partial charge in [-0.15, -0.1) is 14.6 Å². The molecule has 0 aliphatic rings. The van der Waals surface area contributed by atoms with Gasteiger partial charge in [-0.1, -0.05) is 17.2 Å². The molecule has 0 unspecified atom stereocenters. The van der Waals surface area contributed by atoms with Gasteiger partial charge in [0.15, 0.2) is 5.75 Å². The van der Waals surface area contributed by atoms with Crippen molar-refractivity contribution in [1.29, 1.82) is 0 Å². The summed E-state index contributed by atoms with van der Waals surface area (Å²) in [5, 5.41) is 34.6. The second-order valence-corrected chi connectivity index (χ2v) is 7.76. The molecule has 3 aromatic carbocycles. The Balaban J connectivity index is 2.15.